The third kappa shape index (κ3) is 5.82. The Labute approximate surface area is 260 Å². The fraction of sp³-hybridized carbons (Fsp3) is 0.455. The van der Waals surface area contributed by atoms with E-state index in [4.69, 9.17) is 4.98 Å². The number of hydrogen-bond acceptors (Lipinski definition) is 9. The maximum atomic E-state index is 13.1. The molecule has 1 saturated carbocycles. The van der Waals surface area contributed by atoms with E-state index in [1.54, 1.807) is 18.2 Å². The molecule has 0 radical (unpaired) electrons. The molecule has 1 atom stereocenters. The lowest BCUT2D eigenvalue weighted by atomic mass is 9.77. The van der Waals surface area contributed by atoms with Gasteiger partial charge >= 0.3 is 0 Å². The SMILES string of the molecule is O=C1CCC(N2C(=O)c3ccc(NCCCC4CC(n5cc(-c6cccc(N7CCC(O)CC7)n6)cn5)C4)cc3C2=O)C(=O)N1. The number of aliphatic hydroxyl groups excluding tert-OH is 1. The van der Waals surface area contributed by atoms with Crippen LogP contribution in [0.3, 0.4) is 0 Å². The first kappa shape index (κ1) is 29.1. The Morgan fingerprint density at radius 1 is 0.978 bits per heavy atom. The number of fused-ring (bicyclic) bond motifs is 1. The molecule has 4 aliphatic rings. The first-order valence-corrected chi connectivity index (χ1v) is 15.9. The number of imide groups is 2. The van der Waals surface area contributed by atoms with Crippen LogP contribution in [-0.2, 0) is 9.59 Å². The summed E-state index contributed by atoms with van der Waals surface area (Å²) in [5.74, 6) is -0.424. The number of benzene rings is 1. The zero-order valence-electron chi connectivity index (χ0n) is 25.0. The highest BCUT2D eigenvalue weighted by atomic mass is 16.3. The van der Waals surface area contributed by atoms with Crippen molar-refractivity contribution in [2.75, 3.05) is 29.9 Å². The van der Waals surface area contributed by atoms with Crippen molar-refractivity contribution >= 4 is 35.1 Å². The third-order valence-corrected chi connectivity index (χ3v) is 9.56. The fourth-order valence-corrected chi connectivity index (χ4v) is 6.88. The van der Waals surface area contributed by atoms with Gasteiger partial charge in [-0.15, -0.1) is 0 Å². The number of aromatic nitrogens is 3. The minimum absolute atomic E-state index is 0.0970. The Balaban J connectivity index is 0.871. The summed E-state index contributed by atoms with van der Waals surface area (Å²) in [6.45, 7) is 2.37. The van der Waals surface area contributed by atoms with Crippen LogP contribution in [0.1, 0.15) is 78.1 Å². The number of nitrogens with zero attached hydrogens (tertiary/aromatic N) is 5. The van der Waals surface area contributed by atoms with Gasteiger partial charge in [-0.25, -0.2) is 4.98 Å². The fourth-order valence-electron chi connectivity index (χ4n) is 6.88. The molecule has 1 aromatic carbocycles. The first-order chi connectivity index (χ1) is 21.8. The molecule has 45 heavy (non-hydrogen) atoms. The van der Waals surface area contributed by atoms with Crippen molar-refractivity contribution in [3.63, 3.8) is 0 Å². The Morgan fingerprint density at radius 3 is 2.58 bits per heavy atom. The molecule has 4 amide bonds. The van der Waals surface area contributed by atoms with Crippen LogP contribution < -0.4 is 15.5 Å². The maximum absolute atomic E-state index is 13.1. The van der Waals surface area contributed by atoms with Crippen molar-refractivity contribution in [3.05, 3.63) is 59.9 Å². The van der Waals surface area contributed by atoms with Crippen molar-refractivity contribution in [1.29, 1.82) is 0 Å². The molecule has 5 heterocycles. The highest BCUT2D eigenvalue weighted by Gasteiger charge is 2.44. The van der Waals surface area contributed by atoms with Gasteiger partial charge in [-0.1, -0.05) is 6.07 Å². The number of amides is 4. The van der Waals surface area contributed by atoms with Gasteiger partial charge in [0.15, 0.2) is 0 Å². The summed E-state index contributed by atoms with van der Waals surface area (Å²) < 4.78 is 2.07. The van der Waals surface area contributed by atoms with E-state index in [1.165, 1.54) is 0 Å². The van der Waals surface area contributed by atoms with E-state index in [0.717, 1.165) is 85.8 Å². The molecule has 0 spiro atoms. The number of carbonyl (C=O) groups excluding carboxylic acids is 4. The van der Waals surface area contributed by atoms with E-state index in [2.05, 4.69) is 31.5 Å². The molecule has 7 rings (SSSR count). The van der Waals surface area contributed by atoms with Gasteiger partial charge in [-0.2, -0.15) is 5.10 Å². The predicted octanol–water partition coefficient (Wildman–Crippen LogP) is 3.15. The Morgan fingerprint density at radius 2 is 1.78 bits per heavy atom. The number of rotatable bonds is 9. The molecule has 0 bridgehead atoms. The molecule has 3 fully saturated rings. The minimum Gasteiger partial charge on any atom is -0.393 e. The highest BCUT2D eigenvalue weighted by Crippen LogP contribution is 2.40. The van der Waals surface area contributed by atoms with Gasteiger partial charge in [0.2, 0.25) is 11.8 Å². The van der Waals surface area contributed by atoms with Crippen LogP contribution in [0, 0.1) is 5.92 Å². The number of carbonyl (C=O) groups is 4. The van der Waals surface area contributed by atoms with Gasteiger partial charge in [0.1, 0.15) is 11.9 Å². The second-order valence-corrected chi connectivity index (χ2v) is 12.6. The molecule has 1 aliphatic carbocycles. The monoisotopic (exact) mass is 611 g/mol. The number of anilines is 2. The molecule has 3 aliphatic heterocycles. The summed E-state index contributed by atoms with van der Waals surface area (Å²) in [5.41, 5.74) is 3.24. The van der Waals surface area contributed by atoms with E-state index >= 15 is 0 Å². The largest absolute Gasteiger partial charge is 0.393 e. The topological polar surface area (TPSA) is 150 Å². The molecule has 3 N–H and O–H groups in total. The molecule has 12 heteroatoms. The van der Waals surface area contributed by atoms with Gasteiger partial charge in [-0.05, 0) is 81.2 Å². The van der Waals surface area contributed by atoms with Gasteiger partial charge in [-0.3, -0.25) is 34.1 Å². The van der Waals surface area contributed by atoms with E-state index in [9.17, 15) is 24.3 Å². The summed E-state index contributed by atoms with van der Waals surface area (Å²) in [5, 5.41) is 20.1. The van der Waals surface area contributed by atoms with E-state index in [-0.39, 0.29) is 30.1 Å². The lowest BCUT2D eigenvalue weighted by Gasteiger charge is -2.35. The van der Waals surface area contributed by atoms with Crippen LogP contribution in [0.15, 0.2) is 48.8 Å². The normalized spacial score (nSPS) is 23.6. The summed E-state index contributed by atoms with van der Waals surface area (Å²) >= 11 is 0. The van der Waals surface area contributed by atoms with Gasteiger partial charge in [0, 0.05) is 43.5 Å². The minimum atomic E-state index is -0.963. The lowest BCUT2D eigenvalue weighted by Crippen LogP contribution is -2.54. The molecule has 12 nitrogen and oxygen atoms in total. The molecule has 2 saturated heterocycles. The van der Waals surface area contributed by atoms with Crippen molar-refractivity contribution in [2.45, 2.75) is 69.6 Å². The maximum Gasteiger partial charge on any atom is 0.262 e. The molecule has 2 aromatic heterocycles. The van der Waals surface area contributed by atoms with E-state index < -0.39 is 29.7 Å². The quantitative estimate of drug-likeness (QED) is 0.245. The van der Waals surface area contributed by atoms with Crippen LogP contribution in [0.5, 0.6) is 0 Å². The average molecular weight is 612 g/mol. The zero-order valence-corrected chi connectivity index (χ0v) is 25.0. The van der Waals surface area contributed by atoms with E-state index in [0.29, 0.717) is 12.0 Å². The average Bonchev–Trinajstić information content (AvgIpc) is 3.59. The van der Waals surface area contributed by atoms with Gasteiger partial charge in [0.25, 0.3) is 11.8 Å². The lowest BCUT2D eigenvalue weighted by molar-refractivity contribution is -0.136. The first-order valence-electron chi connectivity index (χ1n) is 15.9. The number of aliphatic hydroxyl groups is 1. The summed E-state index contributed by atoms with van der Waals surface area (Å²) in [6.07, 6.45) is 9.76. The van der Waals surface area contributed by atoms with Crippen LogP contribution in [0.4, 0.5) is 11.5 Å². The smallest absolute Gasteiger partial charge is 0.262 e. The molecule has 1 unspecified atom stereocenters. The molecule has 234 valence electrons. The Kier molecular flexibility index (Phi) is 7.82. The second-order valence-electron chi connectivity index (χ2n) is 12.6. The van der Waals surface area contributed by atoms with Crippen molar-refractivity contribution in [1.82, 2.24) is 25.0 Å². The summed E-state index contributed by atoms with van der Waals surface area (Å²) in [7, 11) is 0. The van der Waals surface area contributed by atoms with Crippen LogP contribution in [-0.4, -0.2) is 80.2 Å². The van der Waals surface area contributed by atoms with Gasteiger partial charge in [0.05, 0.1) is 35.2 Å². The Bertz CT molecular complexity index is 1640. The van der Waals surface area contributed by atoms with Crippen LogP contribution in [0.25, 0.3) is 11.3 Å². The van der Waals surface area contributed by atoms with Crippen molar-refractivity contribution in [2.24, 2.45) is 5.92 Å². The molecule has 3 aromatic rings. The standard InChI is InChI=1S/C33H37N7O5/c41-24-10-13-38(14-11-24)29-5-1-4-27(36-29)21-18-35-39(19-21)23-15-20(16-23)3-2-12-34-22-6-7-25-26(17-22)33(45)40(32(25)44)28-8-9-30(42)37-31(28)43/h1,4-7,17-20,23-24,28,34,41H,2-3,8-16H2,(H,37,42,43). The summed E-state index contributed by atoms with van der Waals surface area (Å²) in [6, 6.07) is 10.6. The molecular formula is C33H37N7O5. The number of piperidine rings is 2. The predicted molar refractivity (Wildman–Crippen MR) is 166 cm³/mol. The summed E-state index contributed by atoms with van der Waals surface area (Å²) in [4.78, 5) is 57.8. The van der Waals surface area contributed by atoms with E-state index in [1.807, 2.05) is 24.4 Å². The number of nitrogens with one attached hydrogen (secondary N) is 2. The number of pyridine rings is 1. The van der Waals surface area contributed by atoms with Crippen LogP contribution in [0.2, 0.25) is 0 Å². The second kappa shape index (κ2) is 12.1. The van der Waals surface area contributed by atoms with Crippen LogP contribution >= 0.6 is 0 Å². The zero-order chi connectivity index (χ0) is 31.1. The number of hydrogen-bond donors (Lipinski definition) is 3. The van der Waals surface area contributed by atoms with Crippen molar-refractivity contribution in [3.8, 4) is 11.3 Å². The van der Waals surface area contributed by atoms with Gasteiger partial charge < -0.3 is 15.3 Å². The van der Waals surface area contributed by atoms with Crippen molar-refractivity contribution < 1.29 is 24.3 Å². The Hall–Kier alpha value is -4.58. The third-order valence-electron chi connectivity index (χ3n) is 9.56. The molecular weight excluding hydrogens is 574 g/mol. The highest BCUT2D eigenvalue weighted by molar-refractivity contribution is 6.23.